The molecular formula is C42H85IO6Si2. The lowest BCUT2D eigenvalue weighted by Gasteiger charge is -2.28. The smallest absolute Gasteiger partial charge is 0.147 e. The summed E-state index contributed by atoms with van der Waals surface area (Å²) < 4.78 is 39.8. The summed E-state index contributed by atoms with van der Waals surface area (Å²) in [5.74, 6) is 0. The van der Waals surface area contributed by atoms with Crippen LogP contribution in [-0.2, 0) is 28.4 Å². The molecule has 2 fully saturated rings. The summed E-state index contributed by atoms with van der Waals surface area (Å²) in [5.41, 5.74) is 0. The molecule has 0 saturated carbocycles. The van der Waals surface area contributed by atoms with E-state index in [2.05, 4.69) is 68.8 Å². The van der Waals surface area contributed by atoms with E-state index in [1.807, 2.05) is 0 Å². The molecule has 304 valence electrons. The molecule has 2 aliphatic rings. The molecule has 51 heavy (non-hydrogen) atoms. The van der Waals surface area contributed by atoms with Gasteiger partial charge >= 0.3 is 0 Å². The predicted molar refractivity (Wildman–Crippen MR) is 231 cm³/mol. The lowest BCUT2D eigenvalue weighted by molar-refractivity contribution is -0.162. The van der Waals surface area contributed by atoms with Crippen molar-refractivity contribution in [2.45, 2.75) is 236 Å². The van der Waals surface area contributed by atoms with Crippen molar-refractivity contribution >= 4 is 38.7 Å². The summed E-state index contributed by atoms with van der Waals surface area (Å²) >= 11 is 2.49. The van der Waals surface area contributed by atoms with Gasteiger partial charge in [0.15, 0.2) is 0 Å². The van der Waals surface area contributed by atoms with Gasteiger partial charge in [-0.15, -0.1) is 0 Å². The molecule has 2 heterocycles. The van der Waals surface area contributed by atoms with Gasteiger partial charge in [-0.2, -0.15) is 0 Å². The van der Waals surface area contributed by atoms with Crippen molar-refractivity contribution in [1.29, 1.82) is 0 Å². The molecular weight excluding hydrogens is 784 g/mol. The zero-order valence-electron chi connectivity index (χ0n) is 34.8. The van der Waals surface area contributed by atoms with E-state index in [-0.39, 0.29) is 36.6 Å². The standard InChI is InChI=1S/C42H85IO6Si2/c1-8-9-10-11-12-15-18-21-24-37(46-35-44-31-33-50(2,3)4)39-26-28-41(48-39)42-29-27-40(49-42)38(47-36-45-32-34-51(5,6)7)25-22-19-16-13-14-17-20-23-30-43/h37-42H,8-36H2,1-7H3/t37-,38-,39?,40?,41-,42-/m1/s1. The second kappa shape index (κ2) is 29.2. The van der Waals surface area contributed by atoms with Crippen LogP contribution in [-0.4, -0.2) is 84.0 Å². The van der Waals surface area contributed by atoms with Gasteiger partial charge in [0, 0.05) is 29.4 Å². The Morgan fingerprint density at radius 3 is 1.27 bits per heavy atom. The van der Waals surface area contributed by atoms with Gasteiger partial charge in [0.1, 0.15) is 13.6 Å². The maximum atomic E-state index is 6.82. The highest BCUT2D eigenvalue weighted by atomic mass is 127. The van der Waals surface area contributed by atoms with Crippen LogP contribution in [0.2, 0.25) is 51.4 Å². The molecule has 0 aromatic heterocycles. The molecule has 6 atom stereocenters. The monoisotopic (exact) mass is 868 g/mol. The summed E-state index contributed by atoms with van der Waals surface area (Å²) in [6.07, 6.45) is 28.5. The molecule has 0 N–H and O–H groups in total. The number of hydrogen-bond donors (Lipinski definition) is 0. The van der Waals surface area contributed by atoms with Crippen LogP contribution >= 0.6 is 22.6 Å². The van der Waals surface area contributed by atoms with Crippen molar-refractivity contribution in [3.05, 3.63) is 0 Å². The highest BCUT2D eigenvalue weighted by Crippen LogP contribution is 2.36. The largest absolute Gasteiger partial charge is 0.370 e. The van der Waals surface area contributed by atoms with Gasteiger partial charge in [-0.3, -0.25) is 0 Å². The summed E-state index contributed by atoms with van der Waals surface area (Å²) in [6.45, 7) is 19.1. The number of rotatable bonds is 34. The minimum absolute atomic E-state index is 0.106. The van der Waals surface area contributed by atoms with Crippen molar-refractivity contribution < 1.29 is 28.4 Å². The van der Waals surface area contributed by atoms with Crippen LogP contribution in [0.1, 0.15) is 148 Å². The molecule has 0 aromatic carbocycles. The van der Waals surface area contributed by atoms with Crippen LogP contribution in [0.5, 0.6) is 0 Å². The third kappa shape index (κ3) is 24.9. The van der Waals surface area contributed by atoms with Crippen molar-refractivity contribution in [2.24, 2.45) is 0 Å². The normalized spacial score (nSPS) is 22.6. The van der Waals surface area contributed by atoms with Crippen molar-refractivity contribution in [2.75, 3.05) is 31.2 Å². The van der Waals surface area contributed by atoms with Crippen LogP contribution in [0.25, 0.3) is 0 Å². The molecule has 0 spiro atoms. The zero-order valence-corrected chi connectivity index (χ0v) is 39.0. The second-order valence-electron chi connectivity index (χ2n) is 18.2. The van der Waals surface area contributed by atoms with Gasteiger partial charge < -0.3 is 28.4 Å². The van der Waals surface area contributed by atoms with Crippen LogP contribution < -0.4 is 0 Å². The van der Waals surface area contributed by atoms with E-state index in [0.29, 0.717) is 13.6 Å². The molecule has 0 amide bonds. The first-order chi connectivity index (χ1) is 24.5. The van der Waals surface area contributed by atoms with Gasteiger partial charge in [-0.05, 0) is 61.5 Å². The molecule has 9 heteroatoms. The van der Waals surface area contributed by atoms with Crippen LogP contribution in [0.3, 0.4) is 0 Å². The van der Waals surface area contributed by atoms with E-state index in [0.717, 1.165) is 51.7 Å². The fraction of sp³-hybridized carbons (Fsp3) is 1.00. The Hall–Kier alpha value is 0.924. The Labute approximate surface area is 332 Å². The summed E-state index contributed by atoms with van der Waals surface area (Å²) in [7, 11) is -2.23. The molecule has 2 unspecified atom stereocenters. The number of unbranched alkanes of at least 4 members (excludes halogenated alkanes) is 14. The Morgan fingerprint density at radius 2 is 0.902 bits per heavy atom. The highest BCUT2D eigenvalue weighted by Gasteiger charge is 2.42. The average Bonchev–Trinajstić information content (AvgIpc) is 3.76. The molecule has 0 aromatic rings. The maximum Gasteiger partial charge on any atom is 0.147 e. The summed E-state index contributed by atoms with van der Waals surface area (Å²) in [5, 5.41) is 0. The van der Waals surface area contributed by atoms with Gasteiger partial charge in [0.2, 0.25) is 0 Å². The summed E-state index contributed by atoms with van der Waals surface area (Å²) in [6, 6.07) is 2.35. The van der Waals surface area contributed by atoms with Crippen molar-refractivity contribution in [3.63, 3.8) is 0 Å². The van der Waals surface area contributed by atoms with Gasteiger partial charge in [-0.25, -0.2) is 0 Å². The first kappa shape index (κ1) is 48.1. The van der Waals surface area contributed by atoms with Crippen LogP contribution in [0.15, 0.2) is 0 Å². The molecule has 6 nitrogen and oxygen atoms in total. The fourth-order valence-corrected chi connectivity index (χ4v) is 9.40. The number of alkyl halides is 1. The van der Waals surface area contributed by atoms with Gasteiger partial charge in [-0.1, -0.05) is 165 Å². The Kier molecular flexibility index (Phi) is 27.5. The summed E-state index contributed by atoms with van der Waals surface area (Å²) in [4.78, 5) is 0. The second-order valence-corrected chi connectivity index (χ2v) is 30.6. The molecule has 0 bridgehead atoms. The topological polar surface area (TPSA) is 55.4 Å². The van der Waals surface area contributed by atoms with Crippen molar-refractivity contribution in [1.82, 2.24) is 0 Å². The number of hydrogen-bond acceptors (Lipinski definition) is 6. The van der Waals surface area contributed by atoms with E-state index in [1.165, 1.54) is 119 Å². The first-order valence-electron chi connectivity index (χ1n) is 21.8. The highest BCUT2D eigenvalue weighted by molar-refractivity contribution is 14.1. The third-order valence-electron chi connectivity index (χ3n) is 10.9. The van der Waals surface area contributed by atoms with Crippen LogP contribution in [0.4, 0.5) is 0 Å². The molecule has 0 radical (unpaired) electrons. The molecule has 2 rings (SSSR count). The van der Waals surface area contributed by atoms with E-state index in [9.17, 15) is 0 Å². The van der Waals surface area contributed by atoms with E-state index in [1.54, 1.807) is 0 Å². The fourth-order valence-electron chi connectivity index (χ4n) is 7.35. The quantitative estimate of drug-likeness (QED) is 0.0211. The van der Waals surface area contributed by atoms with Crippen molar-refractivity contribution in [3.8, 4) is 0 Å². The third-order valence-corrected chi connectivity index (χ3v) is 15.0. The lowest BCUT2D eigenvalue weighted by atomic mass is 10.00. The Morgan fingerprint density at radius 1 is 0.529 bits per heavy atom. The Bertz CT molecular complexity index is 809. The van der Waals surface area contributed by atoms with E-state index in [4.69, 9.17) is 28.4 Å². The maximum absolute atomic E-state index is 6.82. The number of ether oxygens (including phenoxy) is 6. The van der Waals surface area contributed by atoms with Gasteiger partial charge in [0.25, 0.3) is 0 Å². The minimum Gasteiger partial charge on any atom is -0.370 e. The minimum atomic E-state index is -1.11. The van der Waals surface area contributed by atoms with Gasteiger partial charge in [0.05, 0.1) is 36.6 Å². The molecule has 0 aliphatic carbocycles. The number of halogens is 1. The lowest BCUT2D eigenvalue weighted by Crippen LogP contribution is -2.35. The first-order valence-corrected chi connectivity index (χ1v) is 30.7. The average molecular weight is 869 g/mol. The predicted octanol–water partition coefficient (Wildman–Crippen LogP) is 13.0. The van der Waals surface area contributed by atoms with E-state index < -0.39 is 16.1 Å². The SMILES string of the molecule is CCCCCCCCCC[C@@H](OCOCC[Si](C)(C)C)C1CC[C@H]([C@H]2CCC([C@@H](CCCCCCCCCCI)OCOCC[Si](C)(C)C)O2)O1. The van der Waals surface area contributed by atoms with E-state index >= 15 is 0 Å². The molecule has 2 aliphatic heterocycles. The Balaban J connectivity index is 1.85. The molecule has 2 saturated heterocycles. The van der Waals surface area contributed by atoms with Crippen LogP contribution in [0, 0.1) is 0 Å². The zero-order chi connectivity index (χ0) is 37.2.